The first-order valence-electron chi connectivity index (χ1n) is 4.73. The fraction of sp³-hybridized carbons (Fsp3) is 0.364. The van der Waals surface area contributed by atoms with Crippen LogP contribution in [-0.4, -0.2) is 12.1 Å². The molecule has 86 valence electrons. The van der Waals surface area contributed by atoms with E-state index in [0.717, 1.165) is 6.07 Å². The topological polar surface area (TPSA) is 59.0 Å². The van der Waals surface area contributed by atoms with Gasteiger partial charge in [0.15, 0.2) is 11.6 Å². The van der Waals surface area contributed by atoms with Gasteiger partial charge in [0.1, 0.15) is 5.54 Å². The van der Waals surface area contributed by atoms with Crippen molar-refractivity contribution in [3.63, 3.8) is 0 Å². The van der Waals surface area contributed by atoms with E-state index in [9.17, 15) is 8.78 Å². The van der Waals surface area contributed by atoms with Gasteiger partial charge < -0.3 is 10.5 Å². The minimum Gasteiger partial charge on any atom is -0.490 e. The van der Waals surface area contributed by atoms with E-state index in [-0.39, 0.29) is 18.8 Å². The Bertz CT molecular complexity index is 413. The minimum absolute atomic E-state index is 0.0565. The molecule has 0 fully saturated rings. The van der Waals surface area contributed by atoms with Crippen LogP contribution in [0.4, 0.5) is 8.78 Å². The van der Waals surface area contributed by atoms with Crippen molar-refractivity contribution in [3.05, 3.63) is 29.8 Å². The maximum Gasteiger partial charge on any atom is 0.200 e. The number of nitrogens with two attached hydrogens (primary N) is 1. The van der Waals surface area contributed by atoms with E-state index in [4.69, 9.17) is 15.7 Å². The van der Waals surface area contributed by atoms with Crippen molar-refractivity contribution in [2.45, 2.75) is 18.9 Å². The van der Waals surface area contributed by atoms with E-state index in [1.807, 2.05) is 6.07 Å². The van der Waals surface area contributed by atoms with Gasteiger partial charge in [-0.15, -0.1) is 0 Å². The Labute approximate surface area is 92.4 Å². The lowest BCUT2D eigenvalue weighted by molar-refractivity contribution is 0.270. The number of halogens is 2. The van der Waals surface area contributed by atoms with Crippen LogP contribution in [-0.2, 0) is 0 Å². The average molecular weight is 226 g/mol. The molecule has 1 unspecified atom stereocenters. The van der Waals surface area contributed by atoms with Crippen LogP contribution < -0.4 is 10.5 Å². The van der Waals surface area contributed by atoms with Crippen LogP contribution in [0.1, 0.15) is 13.3 Å². The number of hydrogen-bond donors (Lipinski definition) is 1. The van der Waals surface area contributed by atoms with Crippen LogP contribution in [0.2, 0.25) is 0 Å². The molecule has 1 aromatic carbocycles. The Morgan fingerprint density at radius 3 is 2.81 bits per heavy atom. The van der Waals surface area contributed by atoms with Gasteiger partial charge in [-0.25, -0.2) is 4.39 Å². The largest absolute Gasteiger partial charge is 0.490 e. The van der Waals surface area contributed by atoms with Crippen molar-refractivity contribution in [2.24, 2.45) is 5.73 Å². The van der Waals surface area contributed by atoms with E-state index in [2.05, 4.69) is 0 Å². The fourth-order valence-electron chi connectivity index (χ4n) is 1.02. The number of hydrogen-bond acceptors (Lipinski definition) is 3. The van der Waals surface area contributed by atoms with E-state index in [1.165, 1.54) is 19.1 Å². The molecule has 0 aliphatic rings. The first-order chi connectivity index (χ1) is 7.46. The standard InChI is InChI=1S/C11H12F2N2O/c1-11(15,7-14)5-6-16-9-4-2-3-8(12)10(9)13/h2-4H,5-6,15H2,1H3. The molecule has 1 aromatic rings. The Morgan fingerprint density at radius 1 is 1.50 bits per heavy atom. The predicted molar refractivity (Wildman–Crippen MR) is 54.7 cm³/mol. The average Bonchev–Trinajstić information content (AvgIpc) is 2.24. The highest BCUT2D eigenvalue weighted by Gasteiger charge is 2.17. The van der Waals surface area contributed by atoms with Crippen LogP contribution >= 0.6 is 0 Å². The number of nitrogens with zero attached hydrogens (tertiary/aromatic N) is 1. The molecule has 0 amide bonds. The Hall–Kier alpha value is -1.67. The van der Waals surface area contributed by atoms with Gasteiger partial charge in [-0.1, -0.05) is 6.07 Å². The molecule has 2 N–H and O–H groups in total. The summed E-state index contributed by atoms with van der Waals surface area (Å²) >= 11 is 0. The van der Waals surface area contributed by atoms with Crippen LogP contribution in [0.5, 0.6) is 5.75 Å². The van der Waals surface area contributed by atoms with E-state index in [0.29, 0.717) is 0 Å². The Balaban J connectivity index is 2.57. The minimum atomic E-state index is -1.03. The fourth-order valence-corrected chi connectivity index (χ4v) is 1.02. The third kappa shape index (κ3) is 3.17. The molecule has 0 heterocycles. The van der Waals surface area contributed by atoms with Crippen molar-refractivity contribution in [1.82, 2.24) is 0 Å². The van der Waals surface area contributed by atoms with Gasteiger partial charge in [0.25, 0.3) is 0 Å². The van der Waals surface area contributed by atoms with Crippen molar-refractivity contribution in [2.75, 3.05) is 6.61 Å². The third-order valence-electron chi connectivity index (χ3n) is 2.05. The monoisotopic (exact) mass is 226 g/mol. The highest BCUT2D eigenvalue weighted by Crippen LogP contribution is 2.19. The van der Waals surface area contributed by atoms with Crippen molar-refractivity contribution < 1.29 is 13.5 Å². The molecular weight excluding hydrogens is 214 g/mol. The van der Waals surface area contributed by atoms with Gasteiger partial charge in [0.05, 0.1) is 12.7 Å². The number of rotatable bonds is 4. The second-order valence-electron chi connectivity index (χ2n) is 3.68. The van der Waals surface area contributed by atoms with Gasteiger partial charge in [-0.3, -0.25) is 0 Å². The van der Waals surface area contributed by atoms with Crippen LogP contribution in [0.15, 0.2) is 18.2 Å². The molecule has 1 atom stereocenters. The lowest BCUT2D eigenvalue weighted by Gasteiger charge is -2.15. The van der Waals surface area contributed by atoms with Crippen molar-refractivity contribution >= 4 is 0 Å². The summed E-state index contributed by atoms with van der Waals surface area (Å²) in [6.07, 6.45) is 0.236. The predicted octanol–water partition coefficient (Wildman–Crippen LogP) is 1.97. The Morgan fingerprint density at radius 2 is 2.19 bits per heavy atom. The summed E-state index contributed by atoms with van der Waals surface area (Å²) in [5.41, 5.74) is 4.52. The number of nitriles is 1. The zero-order chi connectivity index (χ0) is 12.2. The number of ether oxygens (including phenoxy) is 1. The van der Waals surface area contributed by atoms with E-state index in [1.54, 1.807) is 0 Å². The van der Waals surface area contributed by atoms with Crippen LogP contribution in [0, 0.1) is 23.0 Å². The molecule has 0 saturated carbocycles. The molecule has 0 spiro atoms. The molecule has 16 heavy (non-hydrogen) atoms. The lowest BCUT2D eigenvalue weighted by atomic mass is 10.0. The summed E-state index contributed by atoms with van der Waals surface area (Å²) in [5, 5.41) is 8.63. The molecule has 0 aliphatic heterocycles. The highest BCUT2D eigenvalue weighted by molar-refractivity contribution is 5.25. The maximum absolute atomic E-state index is 13.1. The number of benzene rings is 1. The first-order valence-corrected chi connectivity index (χ1v) is 4.73. The summed E-state index contributed by atoms with van der Waals surface area (Å²) in [6.45, 7) is 1.60. The smallest absolute Gasteiger partial charge is 0.200 e. The SMILES string of the molecule is CC(N)(C#N)CCOc1cccc(F)c1F. The molecular formula is C11H12F2N2O. The van der Waals surface area contributed by atoms with E-state index >= 15 is 0 Å². The maximum atomic E-state index is 13.1. The molecule has 0 radical (unpaired) electrons. The quantitative estimate of drug-likeness (QED) is 0.853. The molecule has 3 nitrogen and oxygen atoms in total. The van der Waals surface area contributed by atoms with Crippen molar-refractivity contribution in [1.29, 1.82) is 5.26 Å². The van der Waals surface area contributed by atoms with Crippen LogP contribution in [0.3, 0.4) is 0 Å². The third-order valence-corrected chi connectivity index (χ3v) is 2.05. The highest BCUT2D eigenvalue weighted by atomic mass is 19.2. The second-order valence-corrected chi connectivity index (χ2v) is 3.68. The molecule has 5 heteroatoms. The van der Waals surface area contributed by atoms with Crippen molar-refractivity contribution in [3.8, 4) is 11.8 Å². The summed E-state index contributed by atoms with van der Waals surface area (Å²) in [7, 11) is 0. The van der Waals surface area contributed by atoms with Gasteiger partial charge in [0.2, 0.25) is 5.82 Å². The van der Waals surface area contributed by atoms with E-state index < -0.39 is 17.2 Å². The molecule has 1 rings (SSSR count). The zero-order valence-corrected chi connectivity index (χ0v) is 8.84. The van der Waals surface area contributed by atoms with Gasteiger partial charge in [0, 0.05) is 6.42 Å². The normalized spacial score (nSPS) is 13.9. The summed E-state index contributed by atoms with van der Waals surface area (Å²) in [5.74, 6) is -2.17. The van der Waals surface area contributed by atoms with Gasteiger partial charge in [-0.2, -0.15) is 9.65 Å². The first kappa shape index (κ1) is 12.4. The zero-order valence-electron chi connectivity index (χ0n) is 8.84. The molecule has 0 aromatic heterocycles. The Kier molecular flexibility index (Phi) is 3.80. The van der Waals surface area contributed by atoms with Gasteiger partial charge >= 0.3 is 0 Å². The second kappa shape index (κ2) is 4.90. The molecule has 0 saturated heterocycles. The van der Waals surface area contributed by atoms with Gasteiger partial charge in [-0.05, 0) is 19.1 Å². The lowest BCUT2D eigenvalue weighted by Crippen LogP contribution is -2.35. The summed E-state index contributed by atoms with van der Waals surface area (Å²) in [6, 6.07) is 5.55. The summed E-state index contributed by atoms with van der Waals surface area (Å²) in [4.78, 5) is 0. The molecule has 0 bridgehead atoms. The summed E-state index contributed by atoms with van der Waals surface area (Å²) < 4.78 is 30.9. The molecule has 0 aliphatic carbocycles. The van der Waals surface area contributed by atoms with Crippen LogP contribution in [0.25, 0.3) is 0 Å².